The molecule has 16 heavy (non-hydrogen) atoms. The highest BCUT2D eigenvalue weighted by Crippen LogP contribution is 2.14. The van der Waals surface area contributed by atoms with E-state index >= 15 is 0 Å². The van der Waals surface area contributed by atoms with Crippen molar-refractivity contribution in [3.63, 3.8) is 0 Å². The molecule has 0 spiro atoms. The summed E-state index contributed by atoms with van der Waals surface area (Å²) in [5.74, 6) is 0. The molecule has 0 N–H and O–H groups in total. The van der Waals surface area contributed by atoms with Crippen LogP contribution in [0.2, 0.25) is 0 Å². The summed E-state index contributed by atoms with van der Waals surface area (Å²) in [7, 11) is 0. The predicted octanol–water partition coefficient (Wildman–Crippen LogP) is 5.42. The quantitative estimate of drug-likeness (QED) is 0.581. The molecule has 3 heteroatoms. The first-order valence-corrected chi connectivity index (χ1v) is 6.24. The first kappa shape index (κ1) is 20.9. The van der Waals surface area contributed by atoms with Crippen molar-refractivity contribution in [2.75, 3.05) is 13.2 Å². The summed E-state index contributed by atoms with van der Waals surface area (Å²) in [6.07, 6.45) is 0.467. The Kier molecular flexibility index (Phi) is 26.2. The number of rotatable bonds is 5. The van der Waals surface area contributed by atoms with Crippen LogP contribution in [0.4, 0.5) is 8.78 Å². The molecule has 0 amide bonds. The SMILES string of the molecule is CC.CCC.CCOCCC(CC)=C(F)F. The zero-order chi connectivity index (χ0) is 13.4. The molecular formula is C13H28F2O. The van der Waals surface area contributed by atoms with Crippen LogP contribution >= 0.6 is 0 Å². The molecule has 100 valence electrons. The molecule has 0 saturated carbocycles. The second-order valence-electron chi connectivity index (χ2n) is 2.87. The third-order valence-electron chi connectivity index (χ3n) is 1.45. The van der Waals surface area contributed by atoms with Gasteiger partial charge in [-0.1, -0.05) is 41.0 Å². The molecular weight excluding hydrogens is 210 g/mol. The van der Waals surface area contributed by atoms with E-state index in [2.05, 4.69) is 13.8 Å². The monoisotopic (exact) mass is 238 g/mol. The maximum Gasteiger partial charge on any atom is 0.269 e. The molecule has 0 aliphatic rings. The van der Waals surface area contributed by atoms with Crippen molar-refractivity contribution < 1.29 is 13.5 Å². The van der Waals surface area contributed by atoms with Crippen molar-refractivity contribution in [1.82, 2.24) is 0 Å². The van der Waals surface area contributed by atoms with Crippen molar-refractivity contribution >= 4 is 0 Å². The van der Waals surface area contributed by atoms with E-state index in [1.807, 2.05) is 20.8 Å². The van der Waals surface area contributed by atoms with Crippen LogP contribution in [-0.2, 0) is 4.74 Å². The van der Waals surface area contributed by atoms with E-state index in [0.29, 0.717) is 26.1 Å². The van der Waals surface area contributed by atoms with Crippen LogP contribution < -0.4 is 0 Å². The third-order valence-corrected chi connectivity index (χ3v) is 1.45. The minimum absolute atomic E-state index is 0.207. The molecule has 0 radical (unpaired) electrons. The molecule has 1 nitrogen and oxygen atoms in total. The fourth-order valence-corrected chi connectivity index (χ4v) is 0.745. The van der Waals surface area contributed by atoms with Gasteiger partial charge in [-0.2, -0.15) is 8.78 Å². The lowest BCUT2D eigenvalue weighted by Crippen LogP contribution is -1.95. The number of hydrogen-bond acceptors (Lipinski definition) is 1. The molecule has 0 aromatic rings. The Morgan fingerprint density at radius 2 is 1.44 bits per heavy atom. The Labute approximate surface area is 99.9 Å². The third kappa shape index (κ3) is 19.2. The maximum atomic E-state index is 12.0. The van der Waals surface area contributed by atoms with Gasteiger partial charge in [0.05, 0.1) is 6.61 Å². The second kappa shape index (κ2) is 20.0. The van der Waals surface area contributed by atoms with Crippen LogP contribution in [0.5, 0.6) is 0 Å². The number of ether oxygens (including phenoxy) is 1. The van der Waals surface area contributed by atoms with E-state index < -0.39 is 6.08 Å². The van der Waals surface area contributed by atoms with E-state index in [-0.39, 0.29) is 5.57 Å². The molecule has 0 aromatic carbocycles. The highest BCUT2D eigenvalue weighted by Gasteiger charge is 2.02. The van der Waals surface area contributed by atoms with E-state index in [1.54, 1.807) is 6.92 Å². The Morgan fingerprint density at radius 1 is 1.00 bits per heavy atom. The molecule has 0 aliphatic heterocycles. The van der Waals surface area contributed by atoms with E-state index in [4.69, 9.17) is 4.74 Å². The average Bonchev–Trinajstić information content (AvgIpc) is 2.28. The van der Waals surface area contributed by atoms with Crippen LogP contribution in [0.15, 0.2) is 11.7 Å². The first-order valence-electron chi connectivity index (χ1n) is 6.24. The second-order valence-corrected chi connectivity index (χ2v) is 2.87. The van der Waals surface area contributed by atoms with Gasteiger partial charge < -0.3 is 4.74 Å². The first-order chi connectivity index (χ1) is 7.63. The average molecular weight is 238 g/mol. The van der Waals surface area contributed by atoms with Gasteiger partial charge in [0.1, 0.15) is 0 Å². The van der Waals surface area contributed by atoms with Gasteiger partial charge in [0.2, 0.25) is 0 Å². The summed E-state index contributed by atoms with van der Waals surface area (Å²) in [5.41, 5.74) is 0.207. The standard InChI is InChI=1S/C8H14F2O.C3H8.C2H6/c1-3-7(8(9)10)5-6-11-4-2;1-3-2;1-2/h3-6H2,1-2H3;3H2,1-2H3;1-2H3. The number of hydrogen-bond donors (Lipinski definition) is 0. The van der Waals surface area contributed by atoms with Crippen LogP contribution in [0.1, 0.15) is 60.8 Å². The van der Waals surface area contributed by atoms with Crippen LogP contribution in [0.25, 0.3) is 0 Å². The smallest absolute Gasteiger partial charge is 0.269 e. The van der Waals surface area contributed by atoms with E-state index in [1.165, 1.54) is 6.42 Å². The molecule has 0 atom stereocenters. The molecule has 0 saturated heterocycles. The molecule has 0 unspecified atom stereocenters. The molecule has 0 bridgehead atoms. The van der Waals surface area contributed by atoms with Gasteiger partial charge in [-0.05, 0) is 25.3 Å². The Balaban J connectivity index is -0.000000289. The van der Waals surface area contributed by atoms with Gasteiger partial charge in [-0.15, -0.1) is 0 Å². The molecule has 0 aliphatic carbocycles. The van der Waals surface area contributed by atoms with Gasteiger partial charge in [0, 0.05) is 6.61 Å². The van der Waals surface area contributed by atoms with Gasteiger partial charge in [-0.25, -0.2) is 0 Å². The zero-order valence-electron chi connectivity index (χ0n) is 11.7. The fourth-order valence-electron chi connectivity index (χ4n) is 0.745. The Hall–Kier alpha value is -0.440. The minimum Gasteiger partial charge on any atom is -0.381 e. The van der Waals surface area contributed by atoms with Gasteiger partial charge in [-0.3, -0.25) is 0 Å². The highest BCUT2D eigenvalue weighted by molar-refractivity contribution is 5.01. The fraction of sp³-hybridized carbons (Fsp3) is 0.846. The summed E-state index contributed by atoms with van der Waals surface area (Å²) >= 11 is 0. The van der Waals surface area contributed by atoms with Crippen molar-refractivity contribution in [2.45, 2.75) is 60.8 Å². The summed E-state index contributed by atoms with van der Waals surface area (Å²) in [6, 6.07) is 0. The molecule has 0 heterocycles. The highest BCUT2D eigenvalue weighted by atomic mass is 19.3. The van der Waals surface area contributed by atoms with Gasteiger partial charge >= 0.3 is 0 Å². The van der Waals surface area contributed by atoms with Crippen LogP contribution in [0, 0.1) is 0 Å². The van der Waals surface area contributed by atoms with Crippen LogP contribution in [0.3, 0.4) is 0 Å². The van der Waals surface area contributed by atoms with Crippen molar-refractivity contribution in [3.05, 3.63) is 11.7 Å². The normalized spacial score (nSPS) is 8.25. The van der Waals surface area contributed by atoms with E-state index in [9.17, 15) is 8.78 Å². The van der Waals surface area contributed by atoms with Gasteiger partial charge in [0.15, 0.2) is 0 Å². The lowest BCUT2D eigenvalue weighted by atomic mass is 10.2. The summed E-state index contributed by atoms with van der Waals surface area (Å²) < 4.78 is 28.9. The summed E-state index contributed by atoms with van der Waals surface area (Å²) in [4.78, 5) is 0. The number of halogens is 2. The minimum atomic E-state index is -1.55. The summed E-state index contributed by atoms with van der Waals surface area (Å²) in [6.45, 7) is 12.8. The van der Waals surface area contributed by atoms with Crippen molar-refractivity contribution in [2.24, 2.45) is 0 Å². The predicted molar refractivity (Wildman–Crippen MR) is 68.0 cm³/mol. The molecule has 0 aromatic heterocycles. The summed E-state index contributed by atoms with van der Waals surface area (Å²) in [5, 5.41) is 0. The zero-order valence-corrected chi connectivity index (χ0v) is 11.7. The van der Waals surface area contributed by atoms with Crippen molar-refractivity contribution in [3.8, 4) is 0 Å². The Morgan fingerprint density at radius 3 is 1.69 bits per heavy atom. The van der Waals surface area contributed by atoms with Gasteiger partial charge in [0.25, 0.3) is 6.08 Å². The van der Waals surface area contributed by atoms with E-state index in [0.717, 1.165) is 0 Å². The Bertz CT molecular complexity index is 141. The topological polar surface area (TPSA) is 9.23 Å². The van der Waals surface area contributed by atoms with Crippen molar-refractivity contribution in [1.29, 1.82) is 0 Å². The maximum absolute atomic E-state index is 12.0. The molecule has 0 rings (SSSR count). The lowest BCUT2D eigenvalue weighted by molar-refractivity contribution is 0.149. The van der Waals surface area contributed by atoms with Crippen LogP contribution in [-0.4, -0.2) is 13.2 Å². The lowest BCUT2D eigenvalue weighted by Gasteiger charge is -2.02. The largest absolute Gasteiger partial charge is 0.381 e. The molecule has 0 fully saturated rings.